The van der Waals surface area contributed by atoms with E-state index in [9.17, 15) is 4.79 Å². The molecule has 2 aromatic rings. The van der Waals surface area contributed by atoms with Crippen LogP contribution >= 0.6 is 11.3 Å². The number of morpholine rings is 1. The van der Waals surface area contributed by atoms with Gasteiger partial charge in [0.1, 0.15) is 0 Å². The first-order chi connectivity index (χ1) is 12.7. The van der Waals surface area contributed by atoms with Gasteiger partial charge >= 0.3 is 0 Å². The second-order valence-electron chi connectivity index (χ2n) is 7.18. The predicted octanol–water partition coefficient (Wildman–Crippen LogP) is 4.35. The van der Waals surface area contributed by atoms with Crippen LogP contribution in [0.15, 0.2) is 30.3 Å². The maximum atomic E-state index is 12.6. The lowest BCUT2D eigenvalue weighted by Crippen LogP contribution is -2.36. The summed E-state index contributed by atoms with van der Waals surface area (Å²) in [5, 5.41) is 3.05. The summed E-state index contributed by atoms with van der Waals surface area (Å²) in [6, 6.07) is 10.2. The van der Waals surface area contributed by atoms with E-state index in [1.54, 1.807) is 11.3 Å². The van der Waals surface area contributed by atoms with E-state index in [0.717, 1.165) is 55.6 Å². The Morgan fingerprint density at radius 3 is 2.77 bits per heavy atom. The Balaban J connectivity index is 1.41. The fourth-order valence-corrected chi connectivity index (χ4v) is 4.93. The Morgan fingerprint density at radius 2 is 2.04 bits per heavy atom. The van der Waals surface area contributed by atoms with E-state index in [1.807, 2.05) is 12.1 Å². The summed E-state index contributed by atoms with van der Waals surface area (Å²) < 4.78 is 5.40. The Kier molecular flexibility index (Phi) is 5.27. The molecule has 0 spiro atoms. The van der Waals surface area contributed by atoms with Crippen molar-refractivity contribution in [3.05, 3.63) is 45.6 Å². The van der Waals surface area contributed by atoms with Crippen molar-refractivity contribution in [2.75, 3.05) is 36.5 Å². The number of ether oxygens (including phenoxy) is 1. The number of carbonyl (C=O) groups excluding carboxylic acids is 1. The van der Waals surface area contributed by atoms with Crippen molar-refractivity contribution < 1.29 is 9.53 Å². The number of hydrogen-bond acceptors (Lipinski definition) is 4. The zero-order chi connectivity index (χ0) is 17.9. The monoisotopic (exact) mass is 370 g/mol. The highest BCUT2D eigenvalue weighted by Crippen LogP contribution is 2.34. The molecule has 4 rings (SSSR count). The van der Waals surface area contributed by atoms with Crippen LogP contribution in [0, 0.1) is 5.92 Å². The highest BCUT2D eigenvalue weighted by molar-refractivity contribution is 7.14. The summed E-state index contributed by atoms with van der Waals surface area (Å²) in [5.41, 5.74) is 3.43. The van der Waals surface area contributed by atoms with Crippen LogP contribution in [0.3, 0.4) is 0 Å². The van der Waals surface area contributed by atoms with E-state index < -0.39 is 0 Å². The summed E-state index contributed by atoms with van der Waals surface area (Å²) in [6.45, 7) is 5.66. The van der Waals surface area contributed by atoms with Crippen LogP contribution in [-0.2, 0) is 17.6 Å². The number of hydrogen-bond donors (Lipinski definition) is 1. The predicted molar refractivity (Wildman–Crippen MR) is 108 cm³/mol. The van der Waals surface area contributed by atoms with Crippen LogP contribution in [0.5, 0.6) is 0 Å². The maximum absolute atomic E-state index is 12.6. The molecule has 1 N–H and O–H groups in total. The lowest BCUT2D eigenvalue weighted by molar-refractivity contribution is 0.103. The molecule has 1 aliphatic heterocycles. The quantitative estimate of drug-likeness (QED) is 0.870. The highest BCUT2D eigenvalue weighted by atomic mass is 32.1. The van der Waals surface area contributed by atoms with Gasteiger partial charge in [-0.05, 0) is 61.1 Å². The third kappa shape index (κ3) is 3.79. The molecule has 2 aliphatic rings. The van der Waals surface area contributed by atoms with Crippen LogP contribution in [0.1, 0.15) is 39.9 Å². The van der Waals surface area contributed by atoms with Crippen molar-refractivity contribution in [2.24, 2.45) is 5.92 Å². The first-order valence-corrected chi connectivity index (χ1v) is 10.4. The third-order valence-corrected chi connectivity index (χ3v) is 6.72. The average Bonchev–Trinajstić information content (AvgIpc) is 3.12. The molecule has 4 nitrogen and oxygen atoms in total. The van der Waals surface area contributed by atoms with Gasteiger partial charge in [0.25, 0.3) is 5.91 Å². The lowest BCUT2D eigenvalue weighted by atomic mass is 9.87. The number of carbonyl (C=O) groups is 1. The molecular formula is C21H26N2O2S. The zero-order valence-corrected chi connectivity index (χ0v) is 16.1. The van der Waals surface area contributed by atoms with Crippen molar-refractivity contribution in [1.82, 2.24) is 0 Å². The Labute approximate surface area is 159 Å². The first kappa shape index (κ1) is 17.6. The molecule has 0 unspecified atom stereocenters. The molecule has 138 valence electrons. The standard InChI is InChI=1S/C21H26N2O2S/c1-2-15-3-8-19-16(13-15)14-20(26-19)21(24)22-17-4-6-18(7-5-17)23-9-11-25-12-10-23/h4-7,14-15H,2-3,8-13H2,1H3,(H,22,24)/t15-/m1/s1. The second kappa shape index (κ2) is 7.80. The number of fused-ring (bicyclic) bond motifs is 1. The molecule has 1 amide bonds. The number of thiophene rings is 1. The van der Waals surface area contributed by atoms with Crippen molar-refractivity contribution in [3.63, 3.8) is 0 Å². The molecule has 26 heavy (non-hydrogen) atoms. The smallest absolute Gasteiger partial charge is 0.265 e. The summed E-state index contributed by atoms with van der Waals surface area (Å²) >= 11 is 1.67. The Morgan fingerprint density at radius 1 is 1.27 bits per heavy atom. The molecular weight excluding hydrogens is 344 g/mol. The number of anilines is 2. The number of rotatable bonds is 4. The first-order valence-electron chi connectivity index (χ1n) is 9.58. The molecule has 1 aromatic carbocycles. The van der Waals surface area contributed by atoms with Gasteiger partial charge in [-0.3, -0.25) is 4.79 Å². The second-order valence-corrected chi connectivity index (χ2v) is 8.31. The molecule has 1 fully saturated rings. The highest BCUT2D eigenvalue weighted by Gasteiger charge is 2.22. The van der Waals surface area contributed by atoms with Crippen LogP contribution in [0.25, 0.3) is 0 Å². The molecule has 0 saturated carbocycles. The molecule has 2 heterocycles. The summed E-state index contributed by atoms with van der Waals surface area (Å²) in [4.78, 5) is 17.2. The SMILES string of the molecule is CC[C@@H]1CCc2sc(C(=O)Nc3ccc(N4CCOCC4)cc3)cc2C1. The van der Waals surface area contributed by atoms with Crippen molar-refractivity contribution in [1.29, 1.82) is 0 Å². The number of aryl methyl sites for hydroxylation is 1. The minimum absolute atomic E-state index is 0.0107. The van der Waals surface area contributed by atoms with Crippen LogP contribution < -0.4 is 10.2 Å². The molecule has 5 heteroatoms. The van der Waals surface area contributed by atoms with Gasteiger partial charge in [-0.15, -0.1) is 11.3 Å². The topological polar surface area (TPSA) is 41.6 Å². The zero-order valence-electron chi connectivity index (χ0n) is 15.3. The van der Waals surface area contributed by atoms with Gasteiger partial charge in [0.05, 0.1) is 18.1 Å². The molecule has 0 radical (unpaired) electrons. The van der Waals surface area contributed by atoms with E-state index in [1.165, 1.54) is 29.0 Å². The van der Waals surface area contributed by atoms with Gasteiger partial charge in [0, 0.05) is 29.3 Å². The maximum Gasteiger partial charge on any atom is 0.265 e. The van der Waals surface area contributed by atoms with Gasteiger partial charge in [0.2, 0.25) is 0 Å². The largest absolute Gasteiger partial charge is 0.378 e. The van der Waals surface area contributed by atoms with E-state index in [-0.39, 0.29) is 5.91 Å². The lowest BCUT2D eigenvalue weighted by Gasteiger charge is -2.28. The van der Waals surface area contributed by atoms with Gasteiger partial charge < -0.3 is 15.0 Å². The van der Waals surface area contributed by atoms with Gasteiger partial charge in [-0.1, -0.05) is 13.3 Å². The number of amides is 1. The van der Waals surface area contributed by atoms with E-state index >= 15 is 0 Å². The number of nitrogens with zero attached hydrogens (tertiary/aromatic N) is 1. The number of benzene rings is 1. The Bertz CT molecular complexity index is 763. The minimum Gasteiger partial charge on any atom is -0.378 e. The summed E-state index contributed by atoms with van der Waals surface area (Å²) in [5.74, 6) is 0.789. The molecule has 1 atom stereocenters. The minimum atomic E-state index is 0.0107. The summed E-state index contributed by atoms with van der Waals surface area (Å²) in [6.07, 6.45) is 4.74. The Hall–Kier alpha value is -1.85. The molecule has 1 aliphatic carbocycles. The third-order valence-electron chi connectivity index (χ3n) is 5.49. The fourth-order valence-electron chi connectivity index (χ4n) is 3.83. The molecule has 1 aromatic heterocycles. The fraction of sp³-hybridized carbons (Fsp3) is 0.476. The number of nitrogens with one attached hydrogen (secondary N) is 1. The van der Waals surface area contributed by atoms with Gasteiger partial charge in [0.15, 0.2) is 0 Å². The molecule has 0 bridgehead atoms. The average molecular weight is 371 g/mol. The van der Waals surface area contributed by atoms with Crippen LogP contribution in [-0.4, -0.2) is 32.2 Å². The van der Waals surface area contributed by atoms with Gasteiger partial charge in [-0.25, -0.2) is 0 Å². The van der Waals surface area contributed by atoms with Gasteiger partial charge in [-0.2, -0.15) is 0 Å². The van der Waals surface area contributed by atoms with Crippen LogP contribution in [0.2, 0.25) is 0 Å². The van der Waals surface area contributed by atoms with Crippen molar-refractivity contribution in [2.45, 2.75) is 32.6 Å². The summed E-state index contributed by atoms with van der Waals surface area (Å²) in [7, 11) is 0. The van der Waals surface area contributed by atoms with E-state index in [4.69, 9.17) is 4.74 Å². The molecule has 1 saturated heterocycles. The van der Waals surface area contributed by atoms with Crippen molar-refractivity contribution in [3.8, 4) is 0 Å². The normalized spacial score (nSPS) is 19.9. The van der Waals surface area contributed by atoms with E-state index in [2.05, 4.69) is 35.3 Å². The van der Waals surface area contributed by atoms with Crippen molar-refractivity contribution >= 4 is 28.6 Å². The van der Waals surface area contributed by atoms with Crippen LogP contribution in [0.4, 0.5) is 11.4 Å². The van der Waals surface area contributed by atoms with E-state index in [0.29, 0.717) is 0 Å².